The number of benzene rings is 2. The highest BCUT2D eigenvalue weighted by atomic mass is 35.5. The van der Waals surface area contributed by atoms with Crippen molar-refractivity contribution < 1.29 is 9.53 Å². The molecule has 0 N–H and O–H groups in total. The van der Waals surface area contributed by atoms with Crippen molar-refractivity contribution in [2.24, 2.45) is 0 Å². The maximum Gasteiger partial charge on any atom is 0.254 e. The average molecular weight is 424 g/mol. The van der Waals surface area contributed by atoms with Gasteiger partial charge in [-0.25, -0.2) is 0 Å². The Balaban J connectivity index is 1.35. The van der Waals surface area contributed by atoms with Crippen LogP contribution in [-0.4, -0.2) is 60.0 Å². The summed E-state index contributed by atoms with van der Waals surface area (Å²) in [6.07, 6.45) is 0. The maximum atomic E-state index is 13.3. The van der Waals surface area contributed by atoms with E-state index >= 15 is 0 Å². The first-order chi connectivity index (χ1) is 14.5. The Morgan fingerprint density at radius 1 is 1.03 bits per heavy atom. The van der Waals surface area contributed by atoms with Gasteiger partial charge in [-0.15, -0.1) is 0 Å². The number of rotatable bonds is 5. The number of aromatic nitrogens is 1. The molecule has 156 valence electrons. The van der Waals surface area contributed by atoms with Gasteiger partial charge in [-0.1, -0.05) is 23.2 Å². The van der Waals surface area contributed by atoms with Gasteiger partial charge in [0.2, 0.25) is 0 Å². The number of fused-ring (bicyclic) bond motifs is 1. The number of piperazine rings is 1. The van der Waals surface area contributed by atoms with Crippen molar-refractivity contribution in [3.05, 3.63) is 70.4 Å². The van der Waals surface area contributed by atoms with Crippen molar-refractivity contribution >= 4 is 28.4 Å². The highest BCUT2D eigenvalue weighted by molar-refractivity contribution is 6.30. The second-order valence-corrected chi connectivity index (χ2v) is 8.20. The fraction of sp³-hybridized carbons (Fsp3) is 0.333. The average Bonchev–Trinajstić information content (AvgIpc) is 2.75. The number of carbonyl (C=O) groups excluding carboxylic acids is 1. The predicted molar refractivity (Wildman–Crippen MR) is 121 cm³/mol. The van der Waals surface area contributed by atoms with E-state index in [-0.39, 0.29) is 5.91 Å². The Labute approximate surface area is 182 Å². The van der Waals surface area contributed by atoms with Crippen molar-refractivity contribution in [3.63, 3.8) is 0 Å². The van der Waals surface area contributed by atoms with Crippen LogP contribution in [0.4, 0.5) is 0 Å². The molecule has 1 saturated heterocycles. The van der Waals surface area contributed by atoms with Crippen LogP contribution in [0, 0.1) is 13.8 Å². The molecule has 1 aliphatic rings. The minimum absolute atomic E-state index is 0.0909. The van der Waals surface area contributed by atoms with E-state index in [0.29, 0.717) is 24.7 Å². The molecule has 4 rings (SSSR count). The molecule has 5 nitrogen and oxygen atoms in total. The molecule has 2 aromatic carbocycles. The van der Waals surface area contributed by atoms with Crippen LogP contribution in [0.15, 0.2) is 48.5 Å². The highest BCUT2D eigenvalue weighted by Gasteiger charge is 2.24. The summed E-state index contributed by atoms with van der Waals surface area (Å²) in [6.45, 7) is 8.55. The third kappa shape index (κ3) is 4.74. The van der Waals surface area contributed by atoms with Crippen LogP contribution < -0.4 is 4.74 Å². The third-order valence-electron chi connectivity index (χ3n) is 5.47. The molecule has 0 atom stereocenters. The van der Waals surface area contributed by atoms with E-state index in [4.69, 9.17) is 16.3 Å². The number of hydrogen-bond donors (Lipinski definition) is 0. The van der Waals surface area contributed by atoms with Crippen molar-refractivity contribution in [1.29, 1.82) is 0 Å². The first-order valence-corrected chi connectivity index (χ1v) is 10.7. The highest BCUT2D eigenvalue weighted by Crippen LogP contribution is 2.22. The van der Waals surface area contributed by atoms with Gasteiger partial charge in [0.05, 0.1) is 11.1 Å². The second-order valence-electron chi connectivity index (χ2n) is 7.77. The molecule has 0 spiro atoms. The molecule has 1 amide bonds. The van der Waals surface area contributed by atoms with Crippen LogP contribution in [0.25, 0.3) is 10.9 Å². The number of carbonyl (C=O) groups is 1. The standard InChI is InChI=1S/C24H26ClN3O2/c1-17-3-8-23-21(15-17)22(16-18(2)26-23)24(29)28-11-9-27(10-12-28)13-14-30-20-6-4-19(25)5-7-20/h3-8,15-16H,9-14H2,1-2H3. The van der Waals surface area contributed by atoms with Crippen LogP contribution in [-0.2, 0) is 0 Å². The minimum atomic E-state index is 0.0909. The second kappa shape index (κ2) is 9.02. The van der Waals surface area contributed by atoms with Crippen molar-refractivity contribution in [3.8, 4) is 5.75 Å². The van der Waals surface area contributed by atoms with E-state index in [1.807, 2.05) is 61.2 Å². The summed E-state index contributed by atoms with van der Waals surface area (Å²) in [5.74, 6) is 0.914. The molecular weight excluding hydrogens is 398 g/mol. The summed E-state index contributed by atoms with van der Waals surface area (Å²) in [6, 6.07) is 15.4. The van der Waals surface area contributed by atoms with E-state index < -0.39 is 0 Å². The Bertz CT molecular complexity index is 1040. The molecule has 30 heavy (non-hydrogen) atoms. The van der Waals surface area contributed by atoms with Gasteiger partial charge < -0.3 is 9.64 Å². The number of ether oxygens (including phenoxy) is 1. The van der Waals surface area contributed by atoms with Gasteiger partial charge in [0, 0.05) is 48.8 Å². The summed E-state index contributed by atoms with van der Waals surface area (Å²) >= 11 is 5.90. The number of halogens is 1. The van der Waals surface area contributed by atoms with Gasteiger partial charge in [0.25, 0.3) is 5.91 Å². The van der Waals surface area contributed by atoms with Crippen LogP contribution in [0.3, 0.4) is 0 Å². The van der Waals surface area contributed by atoms with Crippen molar-refractivity contribution in [2.75, 3.05) is 39.3 Å². The van der Waals surface area contributed by atoms with Gasteiger partial charge in [-0.2, -0.15) is 0 Å². The van der Waals surface area contributed by atoms with Crippen LogP contribution >= 0.6 is 11.6 Å². The minimum Gasteiger partial charge on any atom is -0.492 e. The molecule has 0 bridgehead atoms. The lowest BCUT2D eigenvalue weighted by atomic mass is 10.0. The SMILES string of the molecule is Cc1ccc2nc(C)cc(C(=O)N3CCN(CCOc4ccc(Cl)cc4)CC3)c2c1. The molecule has 1 aliphatic heterocycles. The lowest BCUT2D eigenvalue weighted by Crippen LogP contribution is -2.49. The smallest absolute Gasteiger partial charge is 0.254 e. The lowest BCUT2D eigenvalue weighted by Gasteiger charge is -2.34. The Morgan fingerprint density at radius 2 is 1.77 bits per heavy atom. The number of hydrogen-bond acceptors (Lipinski definition) is 4. The topological polar surface area (TPSA) is 45.7 Å². The Hall–Kier alpha value is -2.63. The van der Waals surface area contributed by atoms with E-state index in [2.05, 4.69) is 16.0 Å². The molecule has 0 unspecified atom stereocenters. The zero-order chi connectivity index (χ0) is 21.1. The largest absolute Gasteiger partial charge is 0.492 e. The summed E-state index contributed by atoms with van der Waals surface area (Å²) in [7, 11) is 0. The summed E-state index contributed by atoms with van der Waals surface area (Å²) in [5, 5.41) is 1.64. The monoisotopic (exact) mass is 423 g/mol. The van der Waals surface area contributed by atoms with E-state index in [9.17, 15) is 4.79 Å². The molecule has 1 aromatic heterocycles. The first kappa shape index (κ1) is 20.6. The van der Waals surface area contributed by atoms with Gasteiger partial charge >= 0.3 is 0 Å². The zero-order valence-corrected chi connectivity index (χ0v) is 18.2. The van der Waals surface area contributed by atoms with Crippen LogP contribution in [0.5, 0.6) is 5.75 Å². The van der Waals surface area contributed by atoms with E-state index in [1.165, 1.54) is 0 Å². The molecule has 0 radical (unpaired) electrons. The molecular formula is C24H26ClN3O2. The van der Waals surface area contributed by atoms with Crippen molar-refractivity contribution in [1.82, 2.24) is 14.8 Å². The first-order valence-electron chi connectivity index (χ1n) is 10.3. The number of aryl methyl sites for hydroxylation is 2. The Kier molecular flexibility index (Phi) is 6.21. The number of amides is 1. The van der Waals surface area contributed by atoms with Crippen molar-refractivity contribution in [2.45, 2.75) is 13.8 Å². The molecule has 2 heterocycles. The normalized spacial score (nSPS) is 14.8. The number of pyridine rings is 1. The van der Waals surface area contributed by atoms with E-state index in [1.54, 1.807) is 0 Å². The fourth-order valence-corrected chi connectivity index (χ4v) is 3.94. The summed E-state index contributed by atoms with van der Waals surface area (Å²) in [4.78, 5) is 22.1. The Morgan fingerprint density at radius 3 is 2.50 bits per heavy atom. The van der Waals surface area contributed by atoms with Gasteiger partial charge in [-0.3, -0.25) is 14.7 Å². The van der Waals surface area contributed by atoms with Crippen LogP contribution in [0.2, 0.25) is 5.02 Å². The van der Waals surface area contributed by atoms with Crippen LogP contribution in [0.1, 0.15) is 21.6 Å². The van der Waals surface area contributed by atoms with Gasteiger partial charge in [0.15, 0.2) is 0 Å². The molecule has 1 fully saturated rings. The quantitative estimate of drug-likeness (QED) is 0.612. The van der Waals surface area contributed by atoms with E-state index in [0.717, 1.165) is 53.1 Å². The third-order valence-corrected chi connectivity index (χ3v) is 5.72. The lowest BCUT2D eigenvalue weighted by molar-refractivity contribution is 0.0622. The predicted octanol–water partition coefficient (Wildman–Crippen LogP) is 4.34. The summed E-state index contributed by atoms with van der Waals surface area (Å²) < 4.78 is 5.79. The molecule has 0 aliphatic carbocycles. The van der Waals surface area contributed by atoms with Gasteiger partial charge in [-0.05, 0) is 56.3 Å². The number of nitrogens with zero attached hydrogens (tertiary/aromatic N) is 3. The zero-order valence-electron chi connectivity index (χ0n) is 17.4. The molecule has 0 saturated carbocycles. The van der Waals surface area contributed by atoms with Gasteiger partial charge in [0.1, 0.15) is 12.4 Å². The molecule has 3 aromatic rings. The summed E-state index contributed by atoms with van der Waals surface area (Å²) in [5.41, 5.74) is 3.63. The fourth-order valence-electron chi connectivity index (χ4n) is 3.82. The molecule has 6 heteroatoms. The maximum absolute atomic E-state index is 13.3.